The summed E-state index contributed by atoms with van der Waals surface area (Å²) in [7, 11) is -3.37. The van der Waals surface area contributed by atoms with Crippen molar-refractivity contribution in [1.29, 1.82) is 0 Å². The molecule has 0 atom stereocenters. The summed E-state index contributed by atoms with van der Waals surface area (Å²) in [6.07, 6.45) is 5.42. The number of hydrogen-bond donors (Lipinski definition) is 2. The fraction of sp³-hybridized carbons (Fsp3) is 0.636. The monoisotopic (exact) mass is 306 g/mol. The van der Waals surface area contributed by atoms with Gasteiger partial charge in [-0.1, -0.05) is 6.42 Å². The van der Waals surface area contributed by atoms with Gasteiger partial charge in [-0.15, -0.1) is 11.3 Å². The third-order valence-corrected chi connectivity index (χ3v) is 7.72. The van der Waals surface area contributed by atoms with Gasteiger partial charge in [0.2, 0.25) is 10.0 Å². The predicted molar refractivity (Wildman–Crippen MR) is 77.5 cm³/mol. The van der Waals surface area contributed by atoms with E-state index in [4.69, 9.17) is 5.73 Å². The van der Waals surface area contributed by atoms with Crippen LogP contribution in [0.5, 0.6) is 0 Å². The molecule has 0 amide bonds. The first-order valence-electron chi connectivity index (χ1n) is 5.84. The molecule has 2 rings (SSSR count). The molecule has 1 aliphatic carbocycles. The van der Waals surface area contributed by atoms with E-state index >= 15 is 0 Å². The van der Waals surface area contributed by atoms with Crippen LogP contribution in [0.1, 0.15) is 24.8 Å². The van der Waals surface area contributed by atoms with Crippen molar-refractivity contribution in [2.75, 3.05) is 12.8 Å². The van der Waals surface area contributed by atoms with E-state index in [0.717, 1.165) is 18.4 Å². The number of nitrogens with one attached hydrogen (secondary N) is 1. The molecule has 7 heteroatoms. The molecule has 1 saturated carbocycles. The van der Waals surface area contributed by atoms with Gasteiger partial charge in [-0.25, -0.2) is 13.1 Å². The van der Waals surface area contributed by atoms with E-state index in [1.807, 2.05) is 6.26 Å². The molecule has 0 aromatic carbocycles. The molecule has 4 nitrogen and oxygen atoms in total. The summed E-state index contributed by atoms with van der Waals surface area (Å²) >= 11 is 2.99. The molecule has 102 valence electrons. The smallest absolute Gasteiger partial charge is 0.250 e. The number of rotatable bonds is 6. The van der Waals surface area contributed by atoms with E-state index < -0.39 is 10.0 Å². The Balaban J connectivity index is 2.03. The highest BCUT2D eigenvalue weighted by Crippen LogP contribution is 2.42. The van der Waals surface area contributed by atoms with Crippen LogP contribution in [0.2, 0.25) is 0 Å². The van der Waals surface area contributed by atoms with Crippen LogP contribution in [-0.4, -0.2) is 26.0 Å². The van der Waals surface area contributed by atoms with E-state index in [1.54, 1.807) is 23.2 Å². The molecule has 1 aromatic heterocycles. The fourth-order valence-electron chi connectivity index (χ4n) is 1.92. The molecular formula is C11H18N2O2S3. The van der Waals surface area contributed by atoms with Crippen LogP contribution in [0.15, 0.2) is 15.7 Å². The molecule has 3 N–H and O–H groups in total. The normalized spacial score (nSPS) is 18.6. The van der Waals surface area contributed by atoms with Crippen LogP contribution < -0.4 is 10.5 Å². The zero-order chi connectivity index (χ0) is 13.2. The third kappa shape index (κ3) is 2.91. The lowest BCUT2D eigenvalue weighted by molar-refractivity contribution is 0.362. The molecule has 1 heterocycles. The highest BCUT2D eigenvalue weighted by atomic mass is 32.2. The second-order valence-corrected chi connectivity index (χ2v) is 8.72. The molecule has 0 aliphatic heterocycles. The first-order valence-corrected chi connectivity index (χ1v) is 9.42. The van der Waals surface area contributed by atoms with Crippen molar-refractivity contribution in [3.8, 4) is 0 Å². The van der Waals surface area contributed by atoms with E-state index in [2.05, 4.69) is 4.72 Å². The van der Waals surface area contributed by atoms with Crippen LogP contribution in [0.4, 0.5) is 0 Å². The van der Waals surface area contributed by atoms with Crippen molar-refractivity contribution < 1.29 is 8.42 Å². The van der Waals surface area contributed by atoms with Gasteiger partial charge in [-0.05, 0) is 36.1 Å². The first kappa shape index (κ1) is 14.3. The average molecular weight is 306 g/mol. The second-order valence-electron chi connectivity index (χ2n) is 4.54. The lowest BCUT2D eigenvalue weighted by atomic mass is 9.84. The molecular weight excluding hydrogens is 288 g/mol. The van der Waals surface area contributed by atoms with Gasteiger partial charge >= 0.3 is 0 Å². The number of thioether (sulfide) groups is 1. The summed E-state index contributed by atoms with van der Waals surface area (Å²) < 4.78 is 27.4. The Morgan fingerprint density at radius 1 is 1.56 bits per heavy atom. The Bertz CT molecular complexity index is 501. The Labute approximate surface area is 116 Å². The van der Waals surface area contributed by atoms with Crippen LogP contribution in [0.25, 0.3) is 0 Å². The maximum atomic E-state index is 12.1. The maximum absolute atomic E-state index is 12.1. The zero-order valence-electron chi connectivity index (χ0n) is 10.3. The van der Waals surface area contributed by atoms with Gasteiger partial charge < -0.3 is 5.73 Å². The van der Waals surface area contributed by atoms with E-state index in [1.165, 1.54) is 17.8 Å². The van der Waals surface area contributed by atoms with Crippen LogP contribution in [0.3, 0.4) is 0 Å². The minimum absolute atomic E-state index is 0.112. The molecule has 0 radical (unpaired) electrons. The maximum Gasteiger partial charge on any atom is 0.250 e. The van der Waals surface area contributed by atoms with Crippen molar-refractivity contribution in [3.05, 3.63) is 17.0 Å². The standard InChI is InChI=1S/C11H18N2O2S3/c1-16-11(3-2-4-11)8-13-18(14,15)10-5-9(6-12)7-17-10/h5,7,13H,2-4,6,8,12H2,1H3. The summed E-state index contributed by atoms with van der Waals surface area (Å²) in [4.78, 5) is 0. The van der Waals surface area contributed by atoms with Crippen molar-refractivity contribution in [2.45, 2.75) is 34.8 Å². The first-order chi connectivity index (χ1) is 8.51. The number of sulfonamides is 1. The van der Waals surface area contributed by atoms with Gasteiger partial charge in [0.1, 0.15) is 4.21 Å². The highest BCUT2D eigenvalue weighted by molar-refractivity contribution is 8.00. The molecule has 18 heavy (non-hydrogen) atoms. The lowest BCUT2D eigenvalue weighted by Crippen LogP contribution is -2.45. The highest BCUT2D eigenvalue weighted by Gasteiger charge is 2.37. The van der Waals surface area contributed by atoms with Crippen LogP contribution >= 0.6 is 23.1 Å². The van der Waals surface area contributed by atoms with Crippen LogP contribution in [0, 0.1) is 0 Å². The zero-order valence-corrected chi connectivity index (χ0v) is 12.8. The number of thiophene rings is 1. The van der Waals surface area contributed by atoms with E-state index in [-0.39, 0.29) is 4.75 Å². The Kier molecular flexibility index (Phi) is 4.38. The van der Waals surface area contributed by atoms with Crippen LogP contribution in [-0.2, 0) is 16.6 Å². The third-order valence-electron chi connectivity index (χ3n) is 3.41. The SMILES string of the molecule is CSC1(CNS(=O)(=O)c2cc(CN)cs2)CCC1. The summed E-state index contributed by atoms with van der Waals surface area (Å²) in [5.74, 6) is 0. The summed E-state index contributed by atoms with van der Waals surface area (Å²) in [6, 6.07) is 1.65. The van der Waals surface area contributed by atoms with E-state index in [9.17, 15) is 8.42 Å². The van der Waals surface area contributed by atoms with Crippen molar-refractivity contribution in [1.82, 2.24) is 4.72 Å². The molecule has 0 spiro atoms. The van der Waals surface area contributed by atoms with Gasteiger partial charge in [0, 0.05) is 17.8 Å². The van der Waals surface area contributed by atoms with Gasteiger partial charge in [0.25, 0.3) is 0 Å². The topological polar surface area (TPSA) is 72.2 Å². The molecule has 0 saturated heterocycles. The Hall–Kier alpha value is -0.0800. The molecule has 0 unspecified atom stereocenters. The lowest BCUT2D eigenvalue weighted by Gasteiger charge is -2.40. The molecule has 1 aliphatic rings. The van der Waals surface area contributed by atoms with Gasteiger partial charge in [-0.3, -0.25) is 0 Å². The Morgan fingerprint density at radius 3 is 2.72 bits per heavy atom. The Morgan fingerprint density at radius 2 is 2.28 bits per heavy atom. The molecule has 0 bridgehead atoms. The van der Waals surface area contributed by atoms with Crippen molar-refractivity contribution in [3.63, 3.8) is 0 Å². The summed E-state index contributed by atoms with van der Waals surface area (Å²) in [6.45, 7) is 0.896. The predicted octanol–water partition coefficient (Wildman–Crippen LogP) is 1.77. The summed E-state index contributed by atoms with van der Waals surface area (Å²) in [5, 5.41) is 1.79. The van der Waals surface area contributed by atoms with Gasteiger partial charge in [-0.2, -0.15) is 11.8 Å². The minimum atomic E-state index is -3.37. The number of hydrogen-bond acceptors (Lipinski definition) is 5. The minimum Gasteiger partial charge on any atom is -0.326 e. The largest absolute Gasteiger partial charge is 0.326 e. The van der Waals surface area contributed by atoms with E-state index in [0.29, 0.717) is 17.3 Å². The molecule has 1 aromatic rings. The van der Waals surface area contributed by atoms with Gasteiger partial charge in [0.15, 0.2) is 0 Å². The quantitative estimate of drug-likeness (QED) is 0.840. The number of nitrogens with two attached hydrogens (primary N) is 1. The summed E-state index contributed by atoms with van der Waals surface area (Å²) in [5.41, 5.74) is 6.35. The average Bonchev–Trinajstić information content (AvgIpc) is 2.77. The van der Waals surface area contributed by atoms with Crippen molar-refractivity contribution in [2.24, 2.45) is 5.73 Å². The second kappa shape index (κ2) is 5.50. The molecule has 1 fully saturated rings. The van der Waals surface area contributed by atoms with Crippen molar-refractivity contribution >= 4 is 33.1 Å². The fourth-order valence-corrected chi connectivity index (χ4v) is 5.32. The van der Waals surface area contributed by atoms with Gasteiger partial charge in [0.05, 0.1) is 0 Å².